The summed E-state index contributed by atoms with van der Waals surface area (Å²) in [7, 11) is 0. The van der Waals surface area contributed by atoms with Crippen LogP contribution in [0.5, 0.6) is 0 Å². The van der Waals surface area contributed by atoms with Crippen LogP contribution in [-0.4, -0.2) is 40.4 Å². The summed E-state index contributed by atoms with van der Waals surface area (Å²) >= 11 is 0. The second kappa shape index (κ2) is 4.34. The lowest BCUT2D eigenvalue weighted by Gasteiger charge is -2.26. The number of hydrogen-bond acceptors (Lipinski definition) is 2. The van der Waals surface area contributed by atoms with Crippen LogP contribution in [0.25, 0.3) is 0 Å². The maximum absolute atomic E-state index is 12.8. The summed E-state index contributed by atoms with van der Waals surface area (Å²) in [6.07, 6.45) is 5.13. The highest BCUT2D eigenvalue weighted by molar-refractivity contribution is 6.05. The Balaban J connectivity index is 1.47. The van der Waals surface area contributed by atoms with Crippen LogP contribution in [0.2, 0.25) is 0 Å². The number of urea groups is 1. The van der Waals surface area contributed by atoms with Crippen molar-refractivity contribution in [2.75, 3.05) is 6.54 Å². The summed E-state index contributed by atoms with van der Waals surface area (Å²) in [5.41, 5.74) is 2.78. The predicted molar refractivity (Wildman–Crippen MR) is 81.4 cm³/mol. The molecule has 0 spiro atoms. The Kier molecular flexibility index (Phi) is 2.50. The topological polar surface area (TPSA) is 40.6 Å². The molecule has 22 heavy (non-hydrogen) atoms. The summed E-state index contributed by atoms with van der Waals surface area (Å²) in [5, 5.41) is 0. The lowest BCUT2D eigenvalue weighted by Crippen LogP contribution is -2.39. The summed E-state index contributed by atoms with van der Waals surface area (Å²) in [6, 6.07) is 8.47. The van der Waals surface area contributed by atoms with E-state index < -0.39 is 0 Å². The summed E-state index contributed by atoms with van der Waals surface area (Å²) in [4.78, 5) is 28.9. The number of benzene rings is 1. The molecule has 5 rings (SSSR count). The molecule has 0 N–H and O–H groups in total. The SMILES string of the molecule is O=C1[C@@H]2CCCCN2C(=O)N1[C@@H]1[C@@H]2CCc3ccccc3[C@H]21. The van der Waals surface area contributed by atoms with Crippen molar-refractivity contribution >= 4 is 11.9 Å². The normalized spacial score (nSPS) is 36.0. The number of amides is 3. The van der Waals surface area contributed by atoms with Gasteiger partial charge in [-0.25, -0.2) is 4.79 Å². The van der Waals surface area contributed by atoms with E-state index >= 15 is 0 Å². The molecule has 0 unspecified atom stereocenters. The van der Waals surface area contributed by atoms with Gasteiger partial charge in [-0.3, -0.25) is 9.69 Å². The van der Waals surface area contributed by atoms with Crippen LogP contribution in [0.4, 0.5) is 4.79 Å². The summed E-state index contributed by atoms with van der Waals surface area (Å²) < 4.78 is 0. The third-order valence-electron chi connectivity index (χ3n) is 6.06. The average molecular weight is 296 g/mol. The zero-order valence-corrected chi connectivity index (χ0v) is 12.6. The van der Waals surface area contributed by atoms with Crippen LogP contribution in [-0.2, 0) is 11.2 Å². The first-order valence-corrected chi connectivity index (χ1v) is 8.49. The van der Waals surface area contributed by atoms with Gasteiger partial charge in [0, 0.05) is 12.5 Å². The second-order valence-corrected chi connectivity index (χ2v) is 7.11. The van der Waals surface area contributed by atoms with Crippen LogP contribution in [0, 0.1) is 5.92 Å². The molecule has 3 fully saturated rings. The Hall–Kier alpha value is -1.84. The van der Waals surface area contributed by atoms with E-state index in [1.165, 1.54) is 11.1 Å². The molecule has 1 saturated carbocycles. The van der Waals surface area contributed by atoms with Gasteiger partial charge in [0.15, 0.2) is 0 Å². The highest BCUT2D eigenvalue weighted by Gasteiger charge is 2.62. The molecule has 4 heteroatoms. The Morgan fingerprint density at radius 2 is 1.91 bits per heavy atom. The zero-order chi connectivity index (χ0) is 14.8. The van der Waals surface area contributed by atoms with Gasteiger partial charge < -0.3 is 4.90 Å². The van der Waals surface area contributed by atoms with Crippen LogP contribution in [0.15, 0.2) is 24.3 Å². The quantitative estimate of drug-likeness (QED) is 0.747. The van der Waals surface area contributed by atoms with Crippen LogP contribution >= 0.6 is 0 Å². The van der Waals surface area contributed by atoms with Crippen molar-refractivity contribution in [1.82, 2.24) is 9.80 Å². The van der Waals surface area contributed by atoms with Crippen molar-refractivity contribution in [3.63, 3.8) is 0 Å². The predicted octanol–water partition coefficient (Wildman–Crippen LogP) is 2.53. The molecule has 4 nitrogen and oxygen atoms in total. The van der Waals surface area contributed by atoms with Gasteiger partial charge in [0.2, 0.25) is 0 Å². The molecule has 0 bridgehead atoms. The van der Waals surface area contributed by atoms with Gasteiger partial charge in [0.25, 0.3) is 5.91 Å². The molecular weight excluding hydrogens is 276 g/mol. The first-order chi connectivity index (χ1) is 10.8. The maximum Gasteiger partial charge on any atom is 0.327 e. The Labute approximate surface area is 130 Å². The first-order valence-electron chi connectivity index (χ1n) is 8.49. The third kappa shape index (κ3) is 1.53. The zero-order valence-electron chi connectivity index (χ0n) is 12.6. The molecule has 1 aromatic rings. The molecule has 114 valence electrons. The molecule has 4 aliphatic rings. The smallest absolute Gasteiger partial charge is 0.312 e. The van der Waals surface area contributed by atoms with Crippen LogP contribution < -0.4 is 0 Å². The van der Waals surface area contributed by atoms with E-state index in [4.69, 9.17) is 0 Å². The Morgan fingerprint density at radius 3 is 2.77 bits per heavy atom. The van der Waals surface area contributed by atoms with Gasteiger partial charge in [-0.2, -0.15) is 0 Å². The van der Waals surface area contributed by atoms with Gasteiger partial charge in [-0.15, -0.1) is 0 Å². The highest BCUT2D eigenvalue weighted by Crippen LogP contribution is 2.58. The van der Waals surface area contributed by atoms with Crippen molar-refractivity contribution < 1.29 is 9.59 Å². The number of hydrogen-bond donors (Lipinski definition) is 0. The summed E-state index contributed by atoms with van der Waals surface area (Å²) in [5.74, 6) is 0.949. The van der Waals surface area contributed by atoms with Gasteiger partial charge in [0.1, 0.15) is 6.04 Å². The van der Waals surface area contributed by atoms with E-state index in [2.05, 4.69) is 24.3 Å². The van der Waals surface area contributed by atoms with E-state index in [-0.39, 0.29) is 24.0 Å². The fraction of sp³-hybridized carbons (Fsp3) is 0.556. The molecule has 2 heterocycles. The van der Waals surface area contributed by atoms with Gasteiger partial charge in [-0.1, -0.05) is 24.3 Å². The monoisotopic (exact) mass is 296 g/mol. The fourth-order valence-electron chi connectivity index (χ4n) is 4.97. The Bertz CT molecular complexity index is 647. The van der Waals surface area contributed by atoms with E-state index in [0.717, 1.165) is 38.6 Å². The van der Waals surface area contributed by atoms with Gasteiger partial charge in [-0.05, 0) is 49.1 Å². The lowest BCUT2D eigenvalue weighted by atomic mass is 9.92. The number of imide groups is 1. The average Bonchev–Trinajstić information content (AvgIpc) is 3.23. The van der Waals surface area contributed by atoms with Crippen molar-refractivity contribution in [2.24, 2.45) is 5.92 Å². The van der Waals surface area contributed by atoms with Crippen molar-refractivity contribution in [1.29, 1.82) is 0 Å². The molecule has 4 atom stereocenters. The number of carbonyl (C=O) groups is 2. The molecule has 2 aliphatic carbocycles. The number of aryl methyl sites for hydroxylation is 1. The number of rotatable bonds is 1. The standard InChI is InChI=1S/C18H20N2O2/c21-17-14-7-3-4-10-19(14)18(22)20(17)16-13-9-8-11-5-1-2-6-12(11)15(13)16/h1-2,5-6,13-16H,3-4,7-10H2/t13-,14+,15-,16-/m1/s1. The van der Waals surface area contributed by atoms with Crippen LogP contribution in [0.1, 0.15) is 42.7 Å². The molecule has 2 aliphatic heterocycles. The van der Waals surface area contributed by atoms with E-state index in [0.29, 0.717) is 11.8 Å². The molecule has 3 amide bonds. The van der Waals surface area contributed by atoms with E-state index in [1.54, 1.807) is 4.90 Å². The molecule has 1 aromatic carbocycles. The Morgan fingerprint density at radius 1 is 1.05 bits per heavy atom. The molecular formula is C18H20N2O2. The second-order valence-electron chi connectivity index (χ2n) is 7.11. The van der Waals surface area contributed by atoms with Crippen molar-refractivity contribution in [3.05, 3.63) is 35.4 Å². The molecule has 2 saturated heterocycles. The minimum atomic E-state index is -0.167. The number of piperidine rings is 1. The maximum atomic E-state index is 12.8. The minimum absolute atomic E-state index is 0.0217. The van der Waals surface area contributed by atoms with Gasteiger partial charge >= 0.3 is 6.03 Å². The number of carbonyl (C=O) groups excluding carboxylic acids is 2. The van der Waals surface area contributed by atoms with E-state index in [9.17, 15) is 9.59 Å². The van der Waals surface area contributed by atoms with Crippen molar-refractivity contribution in [3.8, 4) is 0 Å². The number of fused-ring (bicyclic) bond motifs is 4. The van der Waals surface area contributed by atoms with E-state index in [1.807, 2.05) is 4.90 Å². The highest BCUT2D eigenvalue weighted by atomic mass is 16.2. The van der Waals surface area contributed by atoms with Crippen molar-refractivity contribution in [2.45, 2.75) is 50.1 Å². The van der Waals surface area contributed by atoms with Gasteiger partial charge in [0.05, 0.1) is 6.04 Å². The molecule has 0 radical (unpaired) electrons. The molecule has 0 aromatic heterocycles. The number of nitrogens with zero attached hydrogens (tertiary/aromatic N) is 2. The minimum Gasteiger partial charge on any atom is -0.312 e. The summed E-state index contributed by atoms with van der Waals surface area (Å²) in [6.45, 7) is 0.754. The lowest BCUT2D eigenvalue weighted by molar-refractivity contribution is -0.129. The third-order valence-corrected chi connectivity index (χ3v) is 6.06. The largest absolute Gasteiger partial charge is 0.327 e. The fourth-order valence-corrected chi connectivity index (χ4v) is 4.97. The van der Waals surface area contributed by atoms with Crippen LogP contribution in [0.3, 0.4) is 0 Å². The first kappa shape index (κ1) is 12.7.